The van der Waals surface area contributed by atoms with E-state index in [1.165, 1.54) is 75.0 Å². The summed E-state index contributed by atoms with van der Waals surface area (Å²) in [7, 11) is 0. The van der Waals surface area contributed by atoms with Gasteiger partial charge in [-0.15, -0.1) is 22.7 Å². The fourth-order valence-electron chi connectivity index (χ4n) is 5.08. The summed E-state index contributed by atoms with van der Waals surface area (Å²) in [6, 6.07) is 27.4. The van der Waals surface area contributed by atoms with E-state index < -0.39 is 0 Å². The summed E-state index contributed by atoms with van der Waals surface area (Å²) in [6.07, 6.45) is 2.40. The molecule has 7 aromatic rings. The van der Waals surface area contributed by atoms with Crippen molar-refractivity contribution in [3.05, 3.63) is 72.8 Å². The van der Waals surface area contributed by atoms with Gasteiger partial charge in [0.2, 0.25) is 0 Å². The van der Waals surface area contributed by atoms with Gasteiger partial charge in [0.1, 0.15) is 0 Å². The molecule has 3 heteroatoms. The molecule has 31 heavy (non-hydrogen) atoms. The van der Waals surface area contributed by atoms with Crippen LogP contribution in [0.1, 0.15) is 19.8 Å². The van der Waals surface area contributed by atoms with Crippen LogP contribution in [0.3, 0.4) is 0 Å². The zero-order valence-electron chi connectivity index (χ0n) is 17.3. The number of aryl methyl sites for hydroxylation is 1. The van der Waals surface area contributed by atoms with Crippen LogP contribution in [0.15, 0.2) is 72.8 Å². The van der Waals surface area contributed by atoms with Gasteiger partial charge in [-0.1, -0.05) is 49.7 Å². The van der Waals surface area contributed by atoms with Gasteiger partial charge in [0.25, 0.3) is 0 Å². The van der Waals surface area contributed by atoms with Crippen LogP contribution in [0, 0.1) is 0 Å². The van der Waals surface area contributed by atoms with Crippen molar-refractivity contribution in [3.8, 4) is 0 Å². The van der Waals surface area contributed by atoms with Gasteiger partial charge >= 0.3 is 0 Å². The lowest BCUT2D eigenvalue weighted by molar-refractivity contribution is 0.665. The molecule has 7 rings (SSSR count). The third kappa shape index (κ3) is 2.48. The average molecular weight is 436 g/mol. The van der Waals surface area contributed by atoms with Gasteiger partial charge in [-0.25, -0.2) is 0 Å². The van der Waals surface area contributed by atoms with Crippen molar-refractivity contribution < 1.29 is 0 Å². The number of hydrogen-bond donors (Lipinski definition) is 0. The van der Waals surface area contributed by atoms with Gasteiger partial charge in [0.15, 0.2) is 0 Å². The Morgan fingerprint density at radius 1 is 0.581 bits per heavy atom. The number of nitrogens with zero attached hydrogens (tertiary/aromatic N) is 1. The normalized spacial score (nSPS) is 12.4. The minimum absolute atomic E-state index is 1.07. The fraction of sp³-hybridized carbons (Fsp3) is 0.143. The number of benzene rings is 4. The van der Waals surface area contributed by atoms with E-state index in [0.29, 0.717) is 0 Å². The maximum atomic E-state index is 2.58. The summed E-state index contributed by atoms with van der Waals surface area (Å²) < 4.78 is 8.11. The number of fused-ring (bicyclic) bond motifs is 9. The molecular weight excluding hydrogens is 414 g/mol. The van der Waals surface area contributed by atoms with Crippen molar-refractivity contribution >= 4 is 84.8 Å². The molecule has 1 nitrogen and oxygen atoms in total. The van der Waals surface area contributed by atoms with Crippen LogP contribution in [0.5, 0.6) is 0 Å². The lowest BCUT2D eigenvalue weighted by Crippen LogP contribution is -1.96. The Morgan fingerprint density at radius 3 is 1.61 bits per heavy atom. The molecule has 0 saturated heterocycles. The van der Waals surface area contributed by atoms with Crippen LogP contribution in [0.2, 0.25) is 0 Å². The lowest BCUT2D eigenvalue weighted by Gasteiger charge is -2.07. The van der Waals surface area contributed by atoms with E-state index in [-0.39, 0.29) is 0 Å². The summed E-state index contributed by atoms with van der Waals surface area (Å²) in [5.41, 5.74) is 2.75. The second-order valence-electron chi connectivity index (χ2n) is 8.43. The molecule has 0 saturated carbocycles. The smallest absolute Gasteiger partial charge is 0.0498 e. The van der Waals surface area contributed by atoms with Gasteiger partial charge in [0.05, 0.1) is 0 Å². The van der Waals surface area contributed by atoms with Crippen molar-refractivity contribution in [1.29, 1.82) is 0 Å². The van der Waals surface area contributed by atoms with Crippen LogP contribution in [-0.4, -0.2) is 4.57 Å². The van der Waals surface area contributed by atoms with E-state index in [2.05, 4.69) is 84.3 Å². The molecule has 0 fully saturated rings. The van der Waals surface area contributed by atoms with Gasteiger partial charge in [0, 0.05) is 68.7 Å². The first-order valence-corrected chi connectivity index (χ1v) is 12.6. The number of unbranched alkanes of at least 4 members (excludes halogenated alkanes) is 1. The molecule has 3 heterocycles. The summed E-state index contributed by atoms with van der Waals surface area (Å²) in [6.45, 7) is 3.35. The molecule has 0 spiro atoms. The highest BCUT2D eigenvalue weighted by Gasteiger charge is 2.16. The molecule has 0 unspecified atom stereocenters. The minimum atomic E-state index is 1.07. The maximum Gasteiger partial charge on any atom is 0.0498 e. The third-order valence-corrected chi connectivity index (χ3v) is 8.86. The topological polar surface area (TPSA) is 4.93 Å². The number of rotatable bonds is 3. The molecule has 0 radical (unpaired) electrons. The molecule has 0 aliphatic rings. The van der Waals surface area contributed by atoms with Crippen LogP contribution in [0.4, 0.5) is 0 Å². The molecule has 150 valence electrons. The molecule has 4 aromatic carbocycles. The molecule has 0 N–H and O–H groups in total. The van der Waals surface area contributed by atoms with Crippen LogP contribution < -0.4 is 0 Å². The summed E-state index contributed by atoms with van der Waals surface area (Å²) in [4.78, 5) is 0. The highest BCUT2D eigenvalue weighted by molar-refractivity contribution is 7.26. The number of hydrogen-bond acceptors (Lipinski definition) is 2. The average Bonchev–Trinajstić information content (AvgIpc) is 3.44. The summed E-state index contributed by atoms with van der Waals surface area (Å²) in [5.74, 6) is 0. The van der Waals surface area contributed by atoms with Gasteiger partial charge < -0.3 is 4.57 Å². The quantitative estimate of drug-likeness (QED) is 0.260. The van der Waals surface area contributed by atoms with Crippen molar-refractivity contribution in [3.63, 3.8) is 0 Å². The van der Waals surface area contributed by atoms with E-state index in [4.69, 9.17) is 0 Å². The number of thiophene rings is 2. The second-order valence-corrected chi connectivity index (χ2v) is 10.6. The van der Waals surface area contributed by atoms with Crippen LogP contribution >= 0.6 is 22.7 Å². The first kappa shape index (κ1) is 17.8. The predicted molar refractivity (Wildman–Crippen MR) is 140 cm³/mol. The fourth-order valence-corrected chi connectivity index (χ4v) is 7.34. The Kier molecular flexibility index (Phi) is 3.76. The minimum Gasteiger partial charge on any atom is -0.340 e. The molecule has 0 aliphatic heterocycles. The maximum absolute atomic E-state index is 2.58. The van der Waals surface area contributed by atoms with E-state index in [0.717, 1.165) is 6.54 Å². The number of aromatic nitrogens is 1. The SMILES string of the molecule is CCCCn1c2cc3c(cc2c2cc4sc5ccccc5c4cc21)sc1ccccc13. The molecular formula is C28H21NS2. The van der Waals surface area contributed by atoms with Crippen molar-refractivity contribution in [2.75, 3.05) is 0 Å². The van der Waals surface area contributed by atoms with Gasteiger partial charge in [-0.2, -0.15) is 0 Å². The standard InChI is InChI=1S/C28H21NS2/c1-2-3-12-29-23-13-21-17-8-4-6-10-25(17)30-27(21)15-19(23)20-16-28-22(14-24(20)29)18-9-5-7-11-26(18)31-28/h4-11,13-16H,2-3,12H2,1H3. The Hall–Kier alpha value is -2.88. The van der Waals surface area contributed by atoms with Gasteiger partial charge in [-0.3, -0.25) is 0 Å². The predicted octanol–water partition coefficient (Wildman–Crippen LogP) is 9.33. The summed E-state index contributed by atoms with van der Waals surface area (Å²) in [5, 5.41) is 8.32. The third-order valence-electron chi connectivity index (χ3n) is 6.60. The highest BCUT2D eigenvalue weighted by atomic mass is 32.1. The Morgan fingerprint density at radius 2 is 1.10 bits per heavy atom. The molecule has 0 atom stereocenters. The van der Waals surface area contributed by atoms with Crippen LogP contribution in [0.25, 0.3) is 62.2 Å². The first-order valence-electron chi connectivity index (χ1n) is 11.0. The second kappa shape index (κ2) is 6.56. The monoisotopic (exact) mass is 435 g/mol. The zero-order valence-corrected chi connectivity index (χ0v) is 18.9. The summed E-state index contributed by atoms with van der Waals surface area (Å²) >= 11 is 3.83. The highest BCUT2D eigenvalue weighted by Crippen LogP contribution is 2.42. The van der Waals surface area contributed by atoms with Crippen LogP contribution in [-0.2, 0) is 6.54 Å². The van der Waals surface area contributed by atoms with Crippen molar-refractivity contribution in [2.45, 2.75) is 26.3 Å². The van der Waals surface area contributed by atoms with E-state index >= 15 is 0 Å². The largest absolute Gasteiger partial charge is 0.340 e. The van der Waals surface area contributed by atoms with Gasteiger partial charge in [-0.05, 0) is 42.8 Å². The first-order chi connectivity index (χ1) is 15.3. The van der Waals surface area contributed by atoms with Crippen molar-refractivity contribution in [2.24, 2.45) is 0 Å². The lowest BCUT2D eigenvalue weighted by atomic mass is 10.1. The molecule has 3 aromatic heterocycles. The Balaban J connectivity index is 1.65. The Bertz CT molecular complexity index is 1650. The molecule has 0 amide bonds. The van der Waals surface area contributed by atoms with E-state index in [1.807, 2.05) is 22.7 Å². The van der Waals surface area contributed by atoms with E-state index in [1.54, 1.807) is 0 Å². The van der Waals surface area contributed by atoms with Crippen molar-refractivity contribution in [1.82, 2.24) is 4.57 Å². The molecule has 0 aliphatic carbocycles. The van der Waals surface area contributed by atoms with E-state index in [9.17, 15) is 0 Å². The molecule has 0 bridgehead atoms. The zero-order chi connectivity index (χ0) is 20.5. The Labute approximate surface area is 188 Å².